The fourth-order valence-electron chi connectivity index (χ4n) is 7.95. The molecule has 1 aromatic carbocycles. The van der Waals surface area contributed by atoms with Gasteiger partial charge in [-0.25, -0.2) is 0 Å². The second-order valence-corrected chi connectivity index (χ2v) is 19.5. The molecule has 400 valence electrons. The molecule has 2 rings (SSSR count). The van der Waals surface area contributed by atoms with Gasteiger partial charge in [0.25, 0.3) is 0 Å². The predicted molar refractivity (Wildman–Crippen MR) is 270 cm³/mol. The molecule has 17 N–H and O–H groups in total. The molecule has 8 atom stereocenters. The molecule has 9 amide bonds. The fourth-order valence-corrected chi connectivity index (χ4v) is 7.95. The molecule has 1 aliphatic heterocycles. The van der Waals surface area contributed by atoms with Crippen LogP contribution in [-0.4, -0.2) is 134 Å². The molecule has 1 heterocycles. The third-order valence-electron chi connectivity index (χ3n) is 11.8. The van der Waals surface area contributed by atoms with Crippen LogP contribution in [0, 0.1) is 17.8 Å². The summed E-state index contributed by atoms with van der Waals surface area (Å²) in [5, 5.41) is 24.4. The van der Waals surface area contributed by atoms with E-state index in [4.69, 9.17) is 22.9 Å². The number of nitrogens with two attached hydrogens (primary N) is 4. The molecule has 1 aromatic rings. The largest absolute Gasteiger partial charge is 0.354 e. The standard InChI is InChI=1S/C49H85N13O9/c1-29(2)12-10-11-15-41(63)55-33(16-21-50)43(65)59-37-20-25-54-42(64)38(26-30(3)4)60-45(67)35(18-23-52)56-44(66)34(17-22-51)58-48(70)39(27-31(5)6)61-49(71)40(28-32-13-8-7-9-14-32)62-46(68)36(19-24-53)57-47(37)69/h7-9,13-14,29-31,33-40H,10-12,15-28,50-53H2,1-6H3,(H,54,64)(H,55,63)(H,56,66)(H,57,69)(H,58,70)(H,59,65)(H,60,67)(H,61,71)(H,62,68)/t33-,34+,35+,36+,37+,38+,39+,40-/m1/s1. The van der Waals surface area contributed by atoms with E-state index in [1.165, 1.54) is 0 Å². The zero-order valence-electron chi connectivity index (χ0n) is 42.7. The van der Waals surface area contributed by atoms with Crippen LogP contribution in [0.25, 0.3) is 0 Å². The van der Waals surface area contributed by atoms with Crippen molar-refractivity contribution in [2.75, 3.05) is 32.7 Å². The van der Waals surface area contributed by atoms with Gasteiger partial charge < -0.3 is 70.8 Å². The van der Waals surface area contributed by atoms with Gasteiger partial charge in [0.2, 0.25) is 53.2 Å². The molecule has 71 heavy (non-hydrogen) atoms. The van der Waals surface area contributed by atoms with Crippen LogP contribution in [0.15, 0.2) is 30.3 Å². The first kappa shape index (κ1) is 61.4. The van der Waals surface area contributed by atoms with Crippen molar-refractivity contribution in [2.24, 2.45) is 40.7 Å². The number of amides is 9. The van der Waals surface area contributed by atoms with Crippen molar-refractivity contribution in [3.05, 3.63) is 35.9 Å². The average Bonchev–Trinajstić information content (AvgIpc) is 3.30. The van der Waals surface area contributed by atoms with Crippen molar-refractivity contribution in [1.29, 1.82) is 0 Å². The van der Waals surface area contributed by atoms with Gasteiger partial charge in [0.1, 0.15) is 48.3 Å². The molecule has 0 radical (unpaired) electrons. The van der Waals surface area contributed by atoms with Gasteiger partial charge in [-0.1, -0.05) is 84.7 Å². The Labute approximate surface area is 419 Å². The molecule has 0 bridgehead atoms. The first-order chi connectivity index (χ1) is 33.7. The van der Waals surface area contributed by atoms with E-state index in [0.29, 0.717) is 17.9 Å². The molecule has 0 aliphatic carbocycles. The van der Waals surface area contributed by atoms with Gasteiger partial charge in [-0.15, -0.1) is 0 Å². The van der Waals surface area contributed by atoms with E-state index in [-0.39, 0.29) is 108 Å². The Kier molecular flexibility index (Phi) is 28.6. The first-order valence-electron chi connectivity index (χ1n) is 25.3. The highest BCUT2D eigenvalue weighted by molar-refractivity contribution is 5.98. The second kappa shape index (κ2) is 33.0. The van der Waals surface area contributed by atoms with Crippen LogP contribution in [0.3, 0.4) is 0 Å². The van der Waals surface area contributed by atoms with E-state index in [1.807, 2.05) is 27.7 Å². The Morgan fingerprint density at radius 2 is 1.00 bits per heavy atom. The van der Waals surface area contributed by atoms with Gasteiger partial charge in [0.15, 0.2) is 0 Å². The number of unbranched alkanes of at least 4 members (excludes halogenated alkanes) is 1. The van der Waals surface area contributed by atoms with E-state index in [2.05, 4.69) is 61.7 Å². The Hall–Kier alpha value is -5.71. The van der Waals surface area contributed by atoms with Crippen molar-refractivity contribution in [3.63, 3.8) is 0 Å². The third kappa shape index (κ3) is 23.4. The monoisotopic (exact) mass is 1000 g/mol. The Morgan fingerprint density at radius 1 is 0.549 bits per heavy atom. The fraction of sp³-hybridized carbons (Fsp3) is 0.694. The normalized spacial score (nSPS) is 23.1. The predicted octanol–water partition coefficient (Wildman–Crippen LogP) is -1.67. The number of hydrogen-bond acceptors (Lipinski definition) is 13. The molecule has 0 unspecified atom stereocenters. The number of benzene rings is 1. The van der Waals surface area contributed by atoms with Crippen molar-refractivity contribution in [1.82, 2.24) is 47.9 Å². The van der Waals surface area contributed by atoms with Crippen LogP contribution < -0.4 is 70.8 Å². The summed E-state index contributed by atoms with van der Waals surface area (Å²) in [6.45, 7) is 11.2. The minimum atomic E-state index is -1.41. The number of carbonyl (C=O) groups is 9. The van der Waals surface area contributed by atoms with Crippen LogP contribution in [0.5, 0.6) is 0 Å². The lowest BCUT2D eigenvalue weighted by Crippen LogP contribution is -2.61. The number of carbonyl (C=O) groups excluding carboxylic acids is 9. The number of rotatable bonds is 22. The van der Waals surface area contributed by atoms with Crippen LogP contribution in [0.1, 0.15) is 118 Å². The third-order valence-corrected chi connectivity index (χ3v) is 11.8. The lowest BCUT2D eigenvalue weighted by molar-refractivity contribution is -0.136. The van der Waals surface area contributed by atoms with E-state index in [9.17, 15) is 43.2 Å². The summed E-state index contributed by atoms with van der Waals surface area (Å²) in [5.41, 5.74) is 24.2. The van der Waals surface area contributed by atoms with Crippen molar-refractivity contribution >= 4 is 53.2 Å². The molecule has 1 saturated heterocycles. The van der Waals surface area contributed by atoms with E-state index in [0.717, 1.165) is 12.8 Å². The summed E-state index contributed by atoms with van der Waals surface area (Å²) < 4.78 is 0. The molecule has 22 heteroatoms. The maximum absolute atomic E-state index is 14.3. The molecule has 0 saturated carbocycles. The smallest absolute Gasteiger partial charge is 0.243 e. The Morgan fingerprint density at radius 3 is 1.48 bits per heavy atom. The summed E-state index contributed by atoms with van der Waals surface area (Å²) >= 11 is 0. The molecular weight excluding hydrogens is 915 g/mol. The Balaban J connectivity index is 2.71. The summed E-state index contributed by atoms with van der Waals surface area (Å²) in [7, 11) is 0. The van der Waals surface area contributed by atoms with Crippen molar-refractivity contribution in [2.45, 2.75) is 167 Å². The van der Waals surface area contributed by atoms with Gasteiger partial charge in [0, 0.05) is 19.4 Å². The van der Waals surface area contributed by atoms with Crippen LogP contribution >= 0.6 is 0 Å². The highest BCUT2D eigenvalue weighted by atomic mass is 16.2. The topological polar surface area (TPSA) is 366 Å². The summed E-state index contributed by atoms with van der Waals surface area (Å²) in [4.78, 5) is 126. The molecule has 0 aromatic heterocycles. The van der Waals surface area contributed by atoms with Gasteiger partial charge in [-0.3, -0.25) is 43.2 Å². The highest BCUT2D eigenvalue weighted by Gasteiger charge is 2.35. The summed E-state index contributed by atoms with van der Waals surface area (Å²) in [6, 6.07) is -1.25. The minimum Gasteiger partial charge on any atom is -0.354 e. The van der Waals surface area contributed by atoms with Gasteiger partial charge in [-0.05, 0) is 101 Å². The molecule has 0 spiro atoms. The Bertz CT molecular complexity index is 1870. The molecule has 1 fully saturated rings. The SMILES string of the molecule is CC(C)CCCCC(=O)N[C@H](CCN)C(=O)N[C@H]1CCNC(=O)[C@H](CC(C)C)NC(=O)[C@H](CCN)NC(=O)[C@H](CCN)NC(=O)[C@H](CC(C)C)NC(=O)[C@@H](Cc2ccccc2)NC(=O)[C@H](CCN)NC1=O. The minimum absolute atomic E-state index is 0.0189. The van der Waals surface area contributed by atoms with Gasteiger partial charge >= 0.3 is 0 Å². The van der Waals surface area contributed by atoms with Crippen LogP contribution in [0.2, 0.25) is 0 Å². The maximum Gasteiger partial charge on any atom is 0.243 e. The summed E-state index contributed by atoms with van der Waals surface area (Å²) in [6.07, 6.45) is 2.38. The van der Waals surface area contributed by atoms with E-state index in [1.54, 1.807) is 30.3 Å². The lowest BCUT2D eigenvalue weighted by Gasteiger charge is -2.28. The van der Waals surface area contributed by atoms with Gasteiger partial charge in [-0.2, -0.15) is 0 Å². The van der Waals surface area contributed by atoms with Crippen LogP contribution in [-0.2, 0) is 49.6 Å². The van der Waals surface area contributed by atoms with Crippen molar-refractivity contribution in [3.8, 4) is 0 Å². The van der Waals surface area contributed by atoms with Crippen LogP contribution in [0.4, 0.5) is 0 Å². The average molecular weight is 1000 g/mol. The van der Waals surface area contributed by atoms with E-state index < -0.39 is 95.6 Å². The first-order valence-corrected chi connectivity index (χ1v) is 25.3. The number of hydrogen-bond donors (Lipinski definition) is 13. The molecular formula is C49H85N13O9. The highest BCUT2D eigenvalue weighted by Crippen LogP contribution is 2.12. The van der Waals surface area contributed by atoms with Crippen molar-refractivity contribution < 1.29 is 43.2 Å². The van der Waals surface area contributed by atoms with E-state index >= 15 is 0 Å². The second-order valence-electron chi connectivity index (χ2n) is 19.5. The molecule has 1 aliphatic rings. The lowest BCUT2D eigenvalue weighted by atomic mass is 10.00. The zero-order chi connectivity index (χ0) is 53.0. The summed E-state index contributed by atoms with van der Waals surface area (Å²) in [5.74, 6) is -6.13. The quantitative estimate of drug-likeness (QED) is 0.0579. The zero-order valence-corrected chi connectivity index (χ0v) is 42.7. The maximum atomic E-state index is 14.3. The van der Waals surface area contributed by atoms with Gasteiger partial charge in [0.05, 0.1) is 0 Å². The number of nitrogens with one attached hydrogen (secondary N) is 9. The molecule has 22 nitrogen and oxygen atoms in total.